The number of halogens is 1. The second kappa shape index (κ2) is 8.90. The lowest BCUT2D eigenvalue weighted by Gasteiger charge is -2.33. The molecule has 0 amide bonds. The van der Waals surface area contributed by atoms with Crippen molar-refractivity contribution in [3.63, 3.8) is 0 Å². The van der Waals surface area contributed by atoms with E-state index in [0.717, 1.165) is 37.5 Å². The molecule has 9 heteroatoms. The molecule has 1 spiro atoms. The third kappa shape index (κ3) is 4.44. The number of imidazole rings is 1. The molecule has 6 rings (SSSR count). The summed E-state index contributed by atoms with van der Waals surface area (Å²) >= 11 is 0. The number of aryl methyl sites for hydroxylation is 1. The molecule has 0 atom stereocenters. The maximum Gasteiger partial charge on any atom is 0.228 e. The molecule has 2 N–H and O–H groups in total. The molecule has 1 saturated heterocycles. The van der Waals surface area contributed by atoms with E-state index in [9.17, 15) is 4.39 Å². The van der Waals surface area contributed by atoms with Crippen LogP contribution >= 0.6 is 0 Å². The monoisotopic (exact) mass is 486 g/mol. The number of benzene rings is 1. The minimum absolute atomic E-state index is 0.169. The number of hydrogen-bond donors (Lipinski definition) is 2. The molecule has 2 fully saturated rings. The molecule has 186 valence electrons. The average molecular weight is 487 g/mol. The van der Waals surface area contributed by atoms with Crippen molar-refractivity contribution in [2.24, 2.45) is 0 Å². The van der Waals surface area contributed by atoms with Crippen molar-refractivity contribution in [3.05, 3.63) is 59.9 Å². The first-order valence-corrected chi connectivity index (χ1v) is 12.6. The van der Waals surface area contributed by atoms with E-state index in [0.29, 0.717) is 34.1 Å². The number of piperazine rings is 1. The smallest absolute Gasteiger partial charge is 0.228 e. The standard InChI is InChI=1S/C27H31FN8/c1-17(2)36-18(3)32-25-21(28)12-20(13-23(25)36)22-6-9-29-26(33-22)34-24-5-4-19(14-30-24)15-35-11-10-31-27(16-35)7-8-27/h4-6,9,12-14,17,31H,7-8,10-11,15-16H2,1-3H3,(H,29,30,33,34). The van der Waals surface area contributed by atoms with Gasteiger partial charge in [0.05, 0.1) is 11.2 Å². The van der Waals surface area contributed by atoms with E-state index in [-0.39, 0.29) is 11.9 Å². The van der Waals surface area contributed by atoms with Gasteiger partial charge in [-0.1, -0.05) is 6.07 Å². The zero-order chi connectivity index (χ0) is 24.9. The summed E-state index contributed by atoms with van der Waals surface area (Å²) in [5, 5.41) is 6.84. The summed E-state index contributed by atoms with van der Waals surface area (Å²) in [7, 11) is 0. The lowest BCUT2D eigenvalue weighted by atomic mass is 10.1. The summed E-state index contributed by atoms with van der Waals surface area (Å²) < 4.78 is 17.0. The Balaban J connectivity index is 1.19. The molecule has 4 aromatic rings. The highest BCUT2D eigenvalue weighted by Crippen LogP contribution is 2.37. The fourth-order valence-electron chi connectivity index (χ4n) is 5.28. The van der Waals surface area contributed by atoms with Gasteiger partial charge in [-0.3, -0.25) is 4.90 Å². The zero-order valence-corrected chi connectivity index (χ0v) is 20.9. The van der Waals surface area contributed by atoms with Crippen LogP contribution in [0.2, 0.25) is 0 Å². The third-order valence-corrected chi connectivity index (χ3v) is 7.17. The number of rotatable bonds is 6. The normalized spacial score (nSPS) is 17.2. The third-order valence-electron chi connectivity index (χ3n) is 7.17. The minimum atomic E-state index is -0.354. The molecule has 1 aliphatic heterocycles. The van der Waals surface area contributed by atoms with Crippen LogP contribution in [-0.4, -0.2) is 54.6 Å². The van der Waals surface area contributed by atoms with Crippen molar-refractivity contribution in [1.82, 2.24) is 34.7 Å². The van der Waals surface area contributed by atoms with E-state index in [1.165, 1.54) is 24.5 Å². The van der Waals surface area contributed by atoms with Gasteiger partial charge in [0.25, 0.3) is 0 Å². The van der Waals surface area contributed by atoms with E-state index < -0.39 is 0 Å². The van der Waals surface area contributed by atoms with Crippen molar-refractivity contribution in [1.29, 1.82) is 0 Å². The maximum atomic E-state index is 14.9. The first-order chi connectivity index (χ1) is 17.4. The number of anilines is 2. The highest BCUT2D eigenvalue weighted by Gasteiger charge is 2.45. The lowest BCUT2D eigenvalue weighted by molar-refractivity contribution is 0.182. The summed E-state index contributed by atoms with van der Waals surface area (Å²) in [6, 6.07) is 9.43. The van der Waals surface area contributed by atoms with Gasteiger partial charge in [-0.15, -0.1) is 0 Å². The number of nitrogens with one attached hydrogen (secondary N) is 2. The fourth-order valence-corrected chi connectivity index (χ4v) is 5.28. The predicted octanol–water partition coefficient (Wildman–Crippen LogP) is 4.60. The predicted molar refractivity (Wildman–Crippen MR) is 139 cm³/mol. The fraction of sp³-hybridized carbons (Fsp3) is 0.407. The molecule has 0 bridgehead atoms. The van der Waals surface area contributed by atoms with Gasteiger partial charge in [-0.05, 0) is 63.4 Å². The van der Waals surface area contributed by atoms with Crippen LogP contribution in [0, 0.1) is 12.7 Å². The number of nitrogens with zero attached hydrogens (tertiary/aromatic N) is 6. The Bertz CT molecular complexity index is 1410. The van der Waals surface area contributed by atoms with Crippen LogP contribution < -0.4 is 10.6 Å². The van der Waals surface area contributed by atoms with Crippen LogP contribution in [0.5, 0.6) is 0 Å². The Kier molecular flexibility index (Phi) is 5.69. The highest BCUT2D eigenvalue weighted by atomic mass is 19.1. The second-order valence-corrected chi connectivity index (χ2v) is 10.3. The Hall–Kier alpha value is -3.43. The summed E-state index contributed by atoms with van der Waals surface area (Å²) in [5.74, 6) is 1.52. The SMILES string of the molecule is Cc1nc2c(F)cc(-c3ccnc(Nc4ccc(CN5CCNC6(CC6)C5)cn4)n3)cc2n1C(C)C. The van der Waals surface area contributed by atoms with Gasteiger partial charge < -0.3 is 15.2 Å². The van der Waals surface area contributed by atoms with Crippen LogP contribution in [-0.2, 0) is 6.54 Å². The van der Waals surface area contributed by atoms with E-state index in [4.69, 9.17) is 0 Å². The van der Waals surface area contributed by atoms with Gasteiger partial charge in [0.15, 0.2) is 5.82 Å². The topological polar surface area (TPSA) is 83.8 Å². The van der Waals surface area contributed by atoms with Crippen molar-refractivity contribution in [3.8, 4) is 11.3 Å². The highest BCUT2D eigenvalue weighted by molar-refractivity contribution is 5.83. The molecule has 3 aromatic heterocycles. The number of aromatic nitrogens is 5. The Morgan fingerprint density at radius 1 is 1.14 bits per heavy atom. The van der Waals surface area contributed by atoms with E-state index in [2.05, 4.69) is 55.4 Å². The van der Waals surface area contributed by atoms with Crippen molar-refractivity contribution in [2.45, 2.75) is 51.7 Å². The molecule has 36 heavy (non-hydrogen) atoms. The van der Waals surface area contributed by atoms with Gasteiger partial charge in [-0.2, -0.15) is 0 Å². The van der Waals surface area contributed by atoms with Gasteiger partial charge >= 0.3 is 0 Å². The molecule has 4 heterocycles. The van der Waals surface area contributed by atoms with Gasteiger partial charge in [0.1, 0.15) is 17.2 Å². The van der Waals surface area contributed by atoms with Gasteiger partial charge in [0, 0.05) is 55.7 Å². The Labute approximate surface area is 210 Å². The molecule has 1 aliphatic carbocycles. The van der Waals surface area contributed by atoms with Crippen molar-refractivity contribution >= 4 is 22.8 Å². The lowest BCUT2D eigenvalue weighted by Crippen LogP contribution is -2.51. The number of hydrogen-bond acceptors (Lipinski definition) is 7. The minimum Gasteiger partial charge on any atom is -0.326 e. The molecule has 1 saturated carbocycles. The Morgan fingerprint density at radius 3 is 2.75 bits per heavy atom. The zero-order valence-electron chi connectivity index (χ0n) is 20.9. The molecule has 2 aliphatic rings. The van der Waals surface area contributed by atoms with Crippen LogP contribution in [0.1, 0.15) is 44.1 Å². The van der Waals surface area contributed by atoms with Crippen LogP contribution in [0.4, 0.5) is 16.2 Å². The number of fused-ring (bicyclic) bond motifs is 1. The van der Waals surface area contributed by atoms with E-state index in [1.807, 2.05) is 29.8 Å². The Morgan fingerprint density at radius 2 is 2.00 bits per heavy atom. The van der Waals surface area contributed by atoms with Gasteiger partial charge in [0.2, 0.25) is 5.95 Å². The number of pyridine rings is 1. The molecule has 0 radical (unpaired) electrons. The molecule has 8 nitrogen and oxygen atoms in total. The summed E-state index contributed by atoms with van der Waals surface area (Å²) in [4.78, 5) is 20.5. The summed E-state index contributed by atoms with van der Waals surface area (Å²) in [5.41, 5.74) is 4.02. The van der Waals surface area contributed by atoms with Crippen LogP contribution in [0.15, 0.2) is 42.7 Å². The van der Waals surface area contributed by atoms with Crippen molar-refractivity contribution in [2.75, 3.05) is 25.0 Å². The van der Waals surface area contributed by atoms with Crippen molar-refractivity contribution < 1.29 is 4.39 Å². The molecular weight excluding hydrogens is 455 g/mol. The molecule has 1 aromatic carbocycles. The second-order valence-electron chi connectivity index (χ2n) is 10.3. The first-order valence-electron chi connectivity index (χ1n) is 12.6. The van der Waals surface area contributed by atoms with E-state index in [1.54, 1.807) is 12.3 Å². The van der Waals surface area contributed by atoms with Crippen LogP contribution in [0.25, 0.3) is 22.3 Å². The largest absolute Gasteiger partial charge is 0.326 e. The summed E-state index contributed by atoms with van der Waals surface area (Å²) in [6.07, 6.45) is 6.15. The molecular formula is C27H31FN8. The first kappa shape index (κ1) is 23.0. The molecule has 0 unspecified atom stereocenters. The average Bonchev–Trinajstić information content (AvgIpc) is 3.49. The quantitative estimate of drug-likeness (QED) is 0.412. The summed E-state index contributed by atoms with van der Waals surface area (Å²) in [6.45, 7) is 10.2. The van der Waals surface area contributed by atoms with Crippen LogP contribution in [0.3, 0.4) is 0 Å². The van der Waals surface area contributed by atoms with E-state index >= 15 is 0 Å². The van der Waals surface area contributed by atoms with Gasteiger partial charge in [-0.25, -0.2) is 24.3 Å². The maximum absolute atomic E-state index is 14.9.